The second-order valence-corrected chi connectivity index (χ2v) is 4.17. The summed E-state index contributed by atoms with van der Waals surface area (Å²) in [5.41, 5.74) is 1.78. The molecule has 0 aliphatic rings. The molecule has 0 aromatic carbocycles. The quantitative estimate of drug-likeness (QED) is 0.738. The highest BCUT2D eigenvalue weighted by molar-refractivity contribution is 7.12. The number of halogens is 1. The number of nitrogens with zero attached hydrogens (tertiary/aromatic N) is 2. The van der Waals surface area contributed by atoms with Crippen LogP contribution < -0.4 is 0 Å². The van der Waals surface area contributed by atoms with E-state index in [-0.39, 0.29) is 0 Å². The lowest BCUT2D eigenvalue weighted by molar-refractivity contribution is 0.112. The van der Waals surface area contributed by atoms with Crippen LogP contribution in [0.4, 0.5) is 0 Å². The maximum Gasteiger partial charge on any atom is 0.160 e. The van der Waals surface area contributed by atoms with E-state index in [1.54, 1.807) is 16.9 Å². The van der Waals surface area contributed by atoms with Crippen LogP contribution in [0, 0.1) is 0 Å². The van der Waals surface area contributed by atoms with Gasteiger partial charge in [0.1, 0.15) is 0 Å². The van der Waals surface area contributed by atoms with E-state index in [4.69, 9.17) is 11.6 Å². The third-order valence-electron chi connectivity index (χ3n) is 1.90. The van der Waals surface area contributed by atoms with Gasteiger partial charge in [-0.05, 0) is 6.07 Å². The first-order valence-corrected chi connectivity index (χ1v) is 5.19. The fourth-order valence-electron chi connectivity index (χ4n) is 1.27. The lowest BCUT2D eigenvalue weighted by Gasteiger charge is -1.98. The average Bonchev–Trinajstić information content (AvgIpc) is 2.73. The number of rotatable bonds is 2. The van der Waals surface area contributed by atoms with Crippen LogP contribution in [-0.2, 0) is 7.05 Å². The number of carbonyl (C=O) groups excluding carboxylic acids is 1. The van der Waals surface area contributed by atoms with E-state index in [2.05, 4.69) is 5.10 Å². The molecule has 0 unspecified atom stereocenters. The van der Waals surface area contributed by atoms with E-state index >= 15 is 0 Å². The summed E-state index contributed by atoms with van der Waals surface area (Å²) >= 11 is 7.36. The molecule has 0 fully saturated rings. The maximum absolute atomic E-state index is 10.5. The van der Waals surface area contributed by atoms with Gasteiger partial charge in [-0.2, -0.15) is 5.10 Å². The summed E-state index contributed by atoms with van der Waals surface area (Å²) in [6.07, 6.45) is 2.42. The molecule has 0 saturated carbocycles. The number of aromatic nitrogens is 2. The van der Waals surface area contributed by atoms with Crippen LogP contribution in [0.15, 0.2) is 17.6 Å². The molecular weight excluding hydrogens is 220 g/mol. The van der Waals surface area contributed by atoms with Crippen molar-refractivity contribution in [3.8, 4) is 11.3 Å². The minimum absolute atomic E-state index is 0.600. The second kappa shape index (κ2) is 3.55. The molecule has 2 aromatic rings. The van der Waals surface area contributed by atoms with Crippen LogP contribution in [0.1, 0.15) is 9.67 Å². The van der Waals surface area contributed by atoms with Gasteiger partial charge < -0.3 is 0 Å². The molecule has 5 heteroatoms. The Hall–Kier alpha value is -1.13. The summed E-state index contributed by atoms with van der Waals surface area (Å²) < 4.78 is 1.69. The minimum Gasteiger partial charge on any atom is -0.297 e. The molecule has 0 N–H and O–H groups in total. The molecule has 0 bridgehead atoms. The Kier molecular flexibility index (Phi) is 2.39. The van der Waals surface area contributed by atoms with Crippen molar-refractivity contribution in [1.29, 1.82) is 0 Å². The van der Waals surface area contributed by atoms with E-state index in [1.807, 2.05) is 12.4 Å². The van der Waals surface area contributed by atoms with Crippen molar-refractivity contribution in [2.45, 2.75) is 0 Å². The van der Waals surface area contributed by atoms with Gasteiger partial charge in [-0.15, -0.1) is 11.3 Å². The van der Waals surface area contributed by atoms with E-state index in [0.717, 1.165) is 17.5 Å². The topological polar surface area (TPSA) is 34.9 Å². The molecule has 2 rings (SSSR count). The monoisotopic (exact) mass is 226 g/mol. The van der Waals surface area contributed by atoms with Gasteiger partial charge >= 0.3 is 0 Å². The van der Waals surface area contributed by atoms with Crippen molar-refractivity contribution in [3.63, 3.8) is 0 Å². The Bertz CT molecular complexity index is 455. The van der Waals surface area contributed by atoms with Gasteiger partial charge in [-0.1, -0.05) is 11.6 Å². The molecule has 3 nitrogen and oxygen atoms in total. The van der Waals surface area contributed by atoms with Gasteiger partial charge in [0.15, 0.2) is 6.29 Å². The SMILES string of the molecule is Cn1ncc(Cl)c1-c1csc(C=O)c1. The van der Waals surface area contributed by atoms with E-state index < -0.39 is 0 Å². The zero-order valence-electron chi connectivity index (χ0n) is 7.40. The van der Waals surface area contributed by atoms with Crippen LogP contribution in [-0.4, -0.2) is 16.1 Å². The third kappa shape index (κ3) is 1.47. The lowest BCUT2D eigenvalue weighted by atomic mass is 10.2. The number of aldehydes is 1. The Morgan fingerprint density at radius 2 is 2.43 bits per heavy atom. The van der Waals surface area contributed by atoms with Crippen molar-refractivity contribution in [2.24, 2.45) is 7.05 Å². The van der Waals surface area contributed by atoms with Crippen molar-refractivity contribution in [1.82, 2.24) is 9.78 Å². The minimum atomic E-state index is 0.600. The first kappa shape index (κ1) is 9.43. The molecule has 2 heterocycles. The normalized spacial score (nSPS) is 10.4. The fraction of sp³-hybridized carbons (Fsp3) is 0.111. The predicted molar refractivity (Wildman–Crippen MR) is 56.9 cm³/mol. The first-order valence-electron chi connectivity index (χ1n) is 3.94. The van der Waals surface area contributed by atoms with Gasteiger partial charge in [0, 0.05) is 18.0 Å². The summed E-state index contributed by atoms with van der Waals surface area (Å²) in [5, 5.41) is 6.52. The largest absolute Gasteiger partial charge is 0.297 e. The smallest absolute Gasteiger partial charge is 0.160 e. The van der Waals surface area contributed by atoms with Crippen LogP contribution >= 0.6 is 22.9 Å². The highest BCUT2D eigenvalue weighted by Gasteiger charge is 2.10. The van der Waals surface area contributed by atoms with Crippen LogP contribution in [0.25, 0.3) is 11.3 Å². The van der Waals surface area contributed by atoms with Crippen LogP contribution in [0.5, 0.6) is 0 Å². The van der Waals surface area contributed by atoms with Gasteiger partial charge in [-0.3, -0.25) is 9.48 Å². The summed E-state index contributed by atoms with van der Waals surface area (Å²) in [4.78, 5) is 11.2. The first-order chi connectivity index (χ1) is 6.72. The highest BCUT2D eigenvalue weighted by atomic mass is 35.5. The van der Waals surface area contributed by atoms with Crippen molar-refractivity contribution < 1.29 is 4.79 Å². The maximum atomic E-state index is 10.5. The lowest BCUT2D eigenvalue weighted by Crippen LogP contribution is -1.92. The summed E-state index contributed by atoms with van der Waals surface area (Å²) in [6, 6.07) is 1.81. The predicted octanol–water partition coefficient (Wildman–Crippen LogP) is 2.61. The molecule has 14 heavy (non-hydrogen) atoms. The molecule has 2 aromatic heterocycles. The molecule has 0 atom stereocenters. The molecule has 0 spiro atoms. The van der Waals surface area contributed by atoms with Crippen molar-refractivity contribution in [3.05, 3.63) is 27.5 Å². The molecule has 0 aliphatic carbocycles. The summed E-state index contributed by atoms with van der Waals surface area (Å²) in [7, 11) is 1.82. The molecule has 0 aliphatic heterocycles. The van der Waals surface area contributed by atoms with Gasteiger partial charge in [0.2, 0.25) is 0 Å². The van der Waals surface area contributed by atoms with E-state index in [0.29, 0.717) is 9.90 Å². The van der Waals surface area contributed by atoms with Gasteiger partial charge in [0.05, 0.1) is 21.8 Å². The standard InChI is InChI=1S/C9H7ClN2OS/c1-12-9(8(10)3-11-12)6-2-7(4-13)14-5-6/h2-5H,1H3. The second-order valence-electron chi connectivity index (χ2n) is 2.82. The molecule has 0 amide bonds. The molecule has 0 saturated heterocycles. The molecule has 72 valence electrons. The number of carbonyl (C=O) groups is 1. The average molecular weight is 227 g/mol. The molecule has 0 radical (unpaired) electrons. The fourth-order valence-corrected chi connectivity index (χ4v) is 2.24. The van der Waals surface area contributed by atoms with E-state index in [9.17, 15) is 4.79 Å². The third-order valence-corrected chi connectivity index (χ3v) is 3.04. The highest BCUT2D eigenvalue weighted by Crippen LogP contribution is 2.30. The van der Waals surface area contributed by atoms with Crippen LogP contribution in [0.2, 0.25) is 5.02 Å². The van der Waals surface area contributed by atoms with Gasteiger partial charge in [0.25, 0.3) is 0 Å². The number of aryl methyl sites for hydroxylation is 1. The number of hydrogen-bond acceptors (Lipinski definition) is 3. The number of hydrogen-bond donors (Lipinski definition) is 0. The van der Waals surface area contributed by atoms with Crippen molar-refractivity contribution in [2.75, 3.05) is 0 Å². The Balaban J connectivity index is 2.53. The van der Waals surface area contributed by atoms with Gasteiger partial charge in [-0.25, -0.2) is 0 Å². The van der Waals surface area contributed by atoms with Crippen LogP contribution in [0.3, 0.4) is 0 Å². The van der Waals surface area contributed by atoms with Crippen molar-refractivity contribution >= 4 is 29.2 Å². The molecular formula is C9H7ClN2OS. The Morgan fingerprint density at radius 1 is 1.64 bits per heavy atom. The Labute approximate surface area is 89.9 Å². The summed E-state index contributed by atoms with van der Waals surface area (Å²) in [6.45, 7) is 0. The summed E-state index contributed by atoms with van der Waals surface area (Å²) in [5.74, 6) is 0. The number of thiophene rings is 1. The zero-order valence-corrected chi connectivity index (χ0v) is 8.97. The zero-order chi connectivity index (χ0) is 10.1. The van der Waals surface area contributed by atoms with E-state index in [1.165, 1.54) is 11.3 Å². The Morgan fingerprint density at radius 3 is 2.93 bits per heavy atom.